The highest BCUT2D eigenvalue weighted by Crippen LogP contribution is 2.42. The van der Waals surface area contributed by atoms with Crippen LogP contribution >= 0.6 is 0 Å². The highest BCUT2D eigenvalue weighted by Gasteiger charge is 2.28. The Morgan fingerprint density at radius 2 is 1.97 bits per heavy atom. The summed E-state index contributed by atoms with van der Waals surface area (Å²) < 4.78 is 0. The normalized spacial score (nSPS) is 17.6. The minimum absolute atomic E-state index is 0.211. The molecule has 9 heteroatoms. The summed E-state index contributed by atoms with van der Waals surface area (Å²) in [6.07, 6.45) is 10.1. The summed E-state index contributed by atoms with van der Waals surface area (Å²) >= 11 is 0. The Balaban J connectivity index is 1.16. The lowest BCUT2D eigenvalue weighted by atomic mass is 9.85. The number of hydrogen-bond donors (Lipinski definition) is 4. The van der Waals surface area contributed by atoms with Crippen molar-refractivity contribution >= 4 is 35.4 Å². The summed E-state index contributed by atoms with van der Waals surface area (Å²) in [4.78, 5) is 25.4. The van der Waals surface area contributed by atoms with Gasteiger partial charge in [0.05, 0.1) is 5.69 Å². The molecule has 0 atom stereocenters. The molecule has 0 spiro atoms. The fraction of sp³-hybridized carbons (Fsp3) is 0.478. The van der Waals surface area contributed by atoms with E-state index < -0.39 is 0 Å². The Hall–Kier alpha value is -3.36. The van der Waals surface area contributed by atoms with Gasteiger partial charge in [0.1, 0.15) is 18.8 Å². The van der Waals surface area contributed by atoms with Crippen LogP contribution in [-0.4, -0.2) is 42.0 Å². The second-order valence-corrected chi connectivity index (χ2v) is 8.65. The molecule has 0 unspecified atom stereocenters. The second kappa shape index (κ2) is 9.42. The highest BCUT2D eigenvalue weighted by atomic mass is 16.1. The summed E-state index contributed by atoms with van der Waals surface area (Å²) in [6.45, 7) is 2.07. The van der Waals surface area contributed by atoms with Gasteiger partial charge < -0.3 is 16.0 Å². The van der Waals surface area contributed by atoms with Crippen LogP contribution in [0.2, 0.25) is 0 Å². The van der Waals surface area contributed by atoms with Crippen LogP contribution in [0.15, 0.2) is 35.5 Å². The van der Waals surface area contributed by atoms with Crippen LogP contribution in [0.25, 0.3) is 0 Å². The first-order valence-electron chi connectivity index (χ1n) is 11.5. The third-order valence-corrected chi connectivity index (χ3v) is 6.22. The van der Waals surface area contributed by atoms with Gasteiger partial charge in [0.2, 0.25) is 11.9 Å². The first-order chi connectivity index (χ1) is 15.8. The van der Waals surface area contributed by atoms with Crippen molar-refractivity contribution in [2.75, 3.05) is 35.4 Å². The molecule has 2 fully saturated rings. The van der Waals surface area contributed by atoms with E-state index in [4.69, 9.17) is 4.98 Å². The van der Waals surface area contributed by atoms with Crippen LogP contribution in [0.5, 0.6) is 0 Å². The van der Waals surface area contributed by atoms with Crippen LogP contribution in [0.1, 0.15) is 50.0 Å². The van der Waals surface area contributed by atoms with Crippen molar-refractivity contribution in [3.63, 3.8) is 0 Å². The standard InChI is InChI=1S/C23H30N8O/c32-22(17-3-1-4-17)26-12-2-11-25-21-20(16-5-6-16)13-27-23(30-21)29-18-7-9-19(10-8-18)31-15-24-14-28-31/h7-10,13-14,16-17H,1-6,11-12,15H2,(H,24,28)(H,26,32)(H2,25,27,29,30). The number of amides is 1. The van der Waals surface area contributed by atoms with Gasteiger partial charge >= 0.3 is 0 Å². The van der Waals surface area contributed by atoms with E-state index in [1.54, 1.807) is 6.34 Å². The monoisotopic (exact) mass is 434 g/mol. The maximum atomic E-state index is 12.0. The van der Waals surface area contributed by atoms with Crippen molar-refractivity contribution in [2.24, 2.45) is 10.9 Å². The van der Waals surface area contributed by atoms with Crippen molar-refractivity contribution in [3.05, 3.63) is 36.0 Å². The molecule has 2 aliphatic carbocycles. The number of aliphatic imine (C=N–C) groups is 1. The third-order valence-electron chi connectivity index (χ3n) is 6.22. The minimum Gasteiger partial charge on any atom is -0.370 e. The second-order valence-electron chi connectivity index (χ2n) is 8.65. The van der Waals surface area contributed by atoms with Gasteiger partial charge in [-0.2, -0.15) is 4.98 Å². The Bertz CT molecular complexity index is 960. The molecule has 3 aliphatic rings. The molecule has 1 amide bonds. The molecule has 1 aromatic carbocycles. The summed E-state index contributed by atoms with van der Waals surface area (Å²) in [7, 11) is 0. The fourth-order valence-electron chi connectivity index (χ4n) is 3.89. The molecule has 1 aliphatic heterocycles. The Morgan fingerprint density at radius 3 is 2.66 bits per heavy atom. The molecule has 0 radical (unpaired) electrons. The number of carbonyl (C=O) groups is 1. The third kappa shape index (κ3) is 4.92. The summed E-state index contributed by atoms with van der Waals surface area (Å²) in [5.74, 6) is 2.48. The van der Waals surface area contributed by atoms with E-state index in [9.17, 15) is 4.79 Å². The Kier molecular flexibility index (Phi) is 6.04. The number of nitrogens with one attached hydrogen (secondary N) is 4. The van der Waals surface area contributed by atoms with Gasteiger partial charge in [0, 0.05) is 36.5 Å². The van der Waals surface area contributed by atoms with Crippen molar-refractivity contribution in [1.29, 1.82) is 0 Å². The Morgan fingerprint density at radius 1 is 1.12 bits per heavy atom. The highest BCUT2D eigenvalue weighted by molar-refractivity contribution is 5.79. The van der Waals surface area contributed by atoms with Gasteiger partial charge in [-0.1, -0.05) is 6.42 Å². The summed E-state index contributed by atoms with van der Waals surface area (Å²) in [5.41, 5.74) is 6.24. The zero-order chi connectivity index (χ0) is 21.8. The van der Waals surface area contributed by atoms with Gasteiger partial charge in [0.15, 0.2) is 0 Å². The van der Waals surface area contributed by atoms with Crippen molar-refractivity contribution in [3.8, 4) is 0 Å². The lowest BCUT2D eigenvalue weighted by Crippen LogP contribution is -2.35. The molecule has 32 heavy (non-hydrogen) atoms. The predicted octanol–water partition coefficient (Wildman–Crippen LogP) is 3.13. The molecular weight excluding hydrogens is 404 g/mol. The molecule has 1 aromatic heterocycles. The average molecular weight is 435 g/mol. The minimum atomic E-state index is 0.211. The van der Waals surface area contributed by atoms with E-state index in [2.05, 4.69) is 31.4 Å². The van der Waals surface area contributed by atoms with Crippen LogP contribution < -0.4 is 26.4 Å². The van der Waals surface area contributed by atoms with Crippen molar-refractivity contribution in [2.45, 2.75) is 44.4 Å². The number of benzene rings is 1. The van der Waals surface area contributed by atoms with Crippen LogP contribution in [0, 0.1) is 5.92 Å². The van der Waals surface area contributed by atoms with E-state index >= 15 is 0 Å². The van der Waals surface area contributed by atoms with E-state index in [0.717, 1.165) is 43.0 Å². The average Bonchev–Trinajstić information content (AvgIpc) is 3.46. The number of rotatable bonds is 10. The number of nitrogens with zero attached hydrogens (tertiary/aromatic N) is 4. The summed E-state index contributed by atoms with van der Waals surface area (Å²) in [6, 6.07) is 8.07. The quantitative estimate of drug-likeness (QED) is 0.426. The van der Waals surface area contributed by atoms with Gasteiger partial charge in [-0.3, -0.25) is 20.2 Å². The maximum absolute atomic E-state index is 12.0. The zero-order valence-electron chi connectivity index (χ0n) is 18.2. The predicted molar refractivity (Wildman–Crippen MR) is 126 cm³/mol. The molecule has 2 heterocycles. The van der Waals surface area contributed by atoms with Gasteiger partial charge in [-0.05, 0) is 62.3 Å². The molecule has 2 aromatic rings. The van der Waals surface area contributed by atoms with E-state index in [0.29, 0.717) is 25.1 Å². The Labute approximate surface area is 188 Å². The smallest absolute Gasteiger partial charge is 0.229 e. The van der Waals surface area contributed by atoms with Gasteiger partial charge in [0.25, 0.3) is 0 Å². The molecule has 168 valence electrons. The number of hydrazine groups is 1. The van der Waals surface area contributed by atoms with Crippen LogP contribution in [-0.2, 0) is 4.79 Å². The van der Waals surface area contributed by atoms with Crippen LogP contribution in [0.3, 0.4) is 0 Å². The maximum Gasteiger partial charge on any atom is 0.229 e. The molecule has 9 nitrogen and oxygen atoms in total. The lowest BCUT2D eigenvalue weighted by molar-refractivity contribution is -0.127. The fourth-order valence-corrected chi connectivity index (χ4v) is 3.89. The first kappa shape index (κ1) is 20.5. The SMILES string of the molecule is O=C(NCCCNc1nc(Nc2ccc(N3CN=CN3)cc2)ncc1C1CC1)C1CCC1. The number of hydrogen-bond acceptors (Lipinski definition) is 8. The molecule has 5 rings (SSSR count). The lowest BCUT2D eigenvalue weighted by Gasteiger charge is -2.24. The zero-order valence-corrected chi connectivity index (χ0v) is 18.2. The number of anilines is 4. The summed E-state index contributed by atoms with van der Waals surface area (Å²) in [5, 5.41) is 11.8. The molecule has 2 saturated carbocycles. The topological polar surface area (TPSA) is 107 Å². The van der Waals surface area contributed by atoms with Gasteiger partial charge in [-0.15, -0.1) is 0 Å². The molecule has 0 saturated heterocycles. The van der Waals surface area contributed by atoms with E-state index in [1.807, 2.05) is 35.5 Å². The largest absolute Gasteiger partial charge is 0.370 e. The van der Waals surface area contributed by atoms with Gasteiger partial charge in [-0.25, -0.2) is 4.98 Å². The van der Waals surface area contributed by atoms with E-state index in [-0.39, 0.29) is 11.8 Å². The molecular formula is C23H30N8O. The number of aromatic nitrogens is 2. The molecule has 4 N–H and O–H groups in total. The molecule has 0 bridgehead atoms. The van der Waals surface area contributed by atoms with Crippen molar-refractivity contribution in [1.82, 2.24) is 20.7 Å². The first-order valence-corrected chi connectivity index (χ1v) is 11.5. The van der Waals surface area contributed by atoms with E-state index in [1.165, 1.54) is 24.8 Å². The van der Waals surface area contributed by atoms with Crippen LogP contribution in [0.4, 0.5) is 23.1 Å². The van der Waals surface area contributed by atoms with Crippen molar-refractivity contribution < 1.29 is 4.79 Å². The number of carbonyl (C=O) groups excluding carboxylic acids is 1.